The Kier molecular flexibility index (Phi) is 8.08. The first-order valence-corrected chi connectivity index (χ1v) is 14.2. The lowest BCUT2D eigenvalue weighted by Gasteiger charge is -2.38. The minimum Gasteiger partial charge on any atom is -0.325 e. The molecule has 2 heterocycles. The molecule has 0 saturated carbocycles. The van der Waals surface area contributed by atoms with E-state index in [0.29, 0.717) is 28.5 Å². The lowest BCUT2D eigenvalue weighted by atomic mass is 9.62. The van der Waals surface area contributed by atoms with Gasteiger partial charge in [0.1, 0.15) is 11.2 Å². The minimum atomic E-state index is -1.47. The summed E-state index contributed by atoms with van der Waals surface area (Å²) in [6, 6.07) is 17.8. The zero-order valence-electron chi connectivity index (χ0n) is 23.5. The van der Waals surface area contributed by atoms with Crippen LogP contribution in [-0.4, -0.2) is 38.6 Å². The maximum atomic E-state index is 15.8. The van der Waals surface area contributed by atoms with Crippen LogP contribution in [0.5, 0.6) is 0 Å². The number of H-pyrrole nitrogens is 1. The van der Waals surface area contributed by atoms with E-state index in [1.54, 1.807) is 48.5 Å². The van der Waals surface area contributed by atoms with Crippen LogP contribution in [0.3, 0.4) is 0 Å². The minimum absolute atomic E-state index is 0.181. The maximum Gasteiger partial charge on any atom is 0.242 e. The SMILES string of the molecule is Cc1c(Cl)cccc1[C@H]1[C@H](C(=O)Nc2ccc(-c3nn[nH]n3)cc2)N[C@@H](CC(C)(C)C)[C@]1(C#N)c1ccc(Cl)cc1F. The first-order valence-electron chi connectivity index (χ1n) is 13.5. The third-order valence-electron chi connectivity index (χ3n) is 7.82. The van der Waals surface area contributed by atoms with Crippen molar-refractivity contribution in [1.82, 2.24) is 25.9 Å². The van der Waals surface area contributed by atoms with Crippen molar-refractivity contribution < 1.29 is 9.18 Å². The number of hydrogen-bond acceptors (Lipinski definition) is 6. The van der Waals surface area contributed by atoms with Gasteiger partial charge >= 0.3 is 0 Å². The van der Waals surface area contributed by atoms with Gasteiger partial charge in [0, 0.05) is 38.8 Å². The molecule has 42 heavy (non-hydrogen) atoms. The lowest BCUT2D eigenvalue weighted by Crippen LogP contribution is -2.44. The van der Waals surface area contributed by atoms with Gasteiger partial charge < -0.3 is 10.6 Å². The molecule has 0 radical (unpaired) electrons. The Bertz CT molecular complexity index is 1650. The highest BCUT2D eigenvalue weighted by Gasteiger charge is 2.60. The van der Waals surface area contributed by atoms with E-state index < -0.39 is 29.2 Å². The van der Waals surface area contributed by atoms with Gasteiger partial charge in [-0.1, -0.05) is 62.2 Å². The van der Waals surface area contributed by atoms with E-state index in [0.717, 1.165) is 11.1 Å². The standard InChI is InChI=1S/C31H30Cl2FN7O/c1-17-21(6-5-7-23(17)33)26-27(29(42)36-20-11-8-18(9-12-20)28-38-40-41-39-28)37-25(15-30(2,3)4)31(26,16-35)22-13-10-19(32)14-24(22)34/h5-14,25-27,37H,15H2,1-4H3,(H,36,42)(H,38,39,40,41)/t25-,26-,27+,31-/m0/s1. The Morgan fingerprint density at radius 3 is 2.50 bits per heavy atom. The largest absolute Gasteiger partial charge is 0.325 e. The van der Waals surface area contributed by atoms with Crippen molar-refractivity contribution in [2.24, 2.45) is 5.41 Å². The van der Waals surface area contributed by atoms with E-state index in [1.165, 1.54) is 6.07 Å². The number of amides is 1. The van der Waals surface area contributed by atoms with E-state index in [9.17, 15) is 10.1 Å². The summed E-state index contributed by atoms with van der Waals surface area (Å²) in [4.78, 5) is 14.1. The van der Waals surface area contributed by atoms with E-state index in [-0.39, 0.29) is 21.9 Å². The van der Waals surface area contributed by atoms with Crippen molar-refractivity contribution in [3.63, 3.8) is 0 Å². The van der Waals surface area contributed by atoms with Crippen LogP contribution in [0.25, 0.3) is 11.4 Å². The average Bonchev–Trinajstić information content (AvgIpc) is 3.57. The Hall–Kier alpha value is -3.84. The van der Waals surface area contributed by atoms with Gasteiger partial charge in [-0.3, -0.25) is 4.79 Å². The van der Waals surface area contributed by atoms with E-state index in [4.69, 9.17) is 23.2 Å². The predicted octanol–water partition coefficient (Wildman–Crippen LogP) is 6.58. The predicted molar refractivity (Wildman–Crippen MR) is 161 cm³/mol. The van der Waals surface area contributed by atoms with Crippen LogP contribution in [0.2, 0.25) is 10.0 Å². The number of halogens is 3. The Morgan fingerprint density at radius 2 is 1.88 bits per heavy atom. The van der Waals surface area contributed by atoms with Gasteiger partial charge in [-0.05, 0) is 77.6 Å². The molecule has 4 aromatic rings. The van der Waals surface area contributed by atoms with Crippen molar-refractivity contribution in [3.05, 3.63) is 93.2 Å². The first kappa shape index (κ1) is 29.6. The molecule has 8 nitrogen and oxygen atoms in total. The van der Waals surface area contributed by atoms with Crippen LogP contribution in [0.4, 0.5) is 10.1 Å². The van der Waals surface area contributed by atoms with Crippen LogP contribution < -0.4 is 10.6 Å². The summed E-state index contributed by atoms with van der Waals surface area (Å²) in [6.45, 7) is 7.99. The van der Waals surface area contributed by atoms with E-state index in [2.05, 4.69) is 37.3 Å². The fourth-order valence-electron chi connectivity index (χ4n) is 5.96. The molecule has 0 spiro atoms. The van der Waals surface area contributed by atoms with Gasteiger partial charge in [0.25, 0.3) is 0 Å². The van der Waals surface area contributed by atoms with Crippen LogP contribution in [0.15, 0.2) is 60.7 Å². The second-order valence-corrected chi connectivity index (χ2v) is 12.6. The second kappa shape index (κ2) is 11.4. The molecule has 0 unspecified atom stereocenters. The summed E-state index contributed by atoms with van der Waals surface area (Å²) >= 11 is 12.7. The molecule has 11 heteroatoms. The molecular weight excluding hydrogens is 576 g/mol. The molecule has 3 N–H and O–H groups in total. The number of carbonyl (C=O) groups excluding carboxylic acids is 1. The van der Waals surface area contributed by atoms with Gasteiger partial charge in [-0.25, -0.2) is 4.39 Å². The number of nitrogens with zero attached hydrogens (tertiary/aromatic N) is 4. The molecule has 1 aliphatic heterocycles. The van der Waals surface area contributed by atoms with Crippen LogP contribution in [-0.2, 0) is 10.2 Å². The second-order valence-electron chi connectivity index (χ2n) is 11.8. The quantitative estimate of drug-likeness (QED) is 0.228. The zero-order valence-corrected chi connectivity index (χ0v) is 25.1. The van der Waals surface area contributed by atoms with Gasteiger partial charge in [0.05, 0.1) is 12.1 Å². The smallest absolute Gasteiger partial charge is 0.242 e. The number of rotatable bonds is 6. The van der Waals surface area contributed by atoms with Gasteiger partial charge in [0.15, 0.2) is 0 Å². The summed E-state index contributed by atoms with van der Waals surface area (Å²) in [6.07, 6.45) is 0.488. The highest BCUT2D eigenvalue weighted by atomic mass is 35.5. The van der Waals surface area contributed by atoms with Gasteiger partial charge in [-0.15, -0.1) is 10.2 Å². The molecule has 1 aliphatic rings. The number of nitriles is 1. The Labute approximate surface area is 253 Å². The number of carbonyl (C=O) groups is 1. The van der Waals surface area contributed by atoms with Crippen LogP contribution in [0.1, 0.15) is 49.8 Å². The summed E-state index contributed by atoms with van der Waals surface area (Å²) in [7, 11) is 0. The third kappa shape index (κ3) is 5.50. The zero-order chi connectivity index (χ0) is 30.2. The van der Waals surface area contributed by atoms with Crippen LogP contribution >= 0.6 is 23.2 Å². The van der Waals surface area contributed by atoms with Crippen molar-refractivity contribution >= 4 is 34.8 Å². The lowest BCUT2D eigenvalue weighted by molar-refractivity contribution is -0.118. The molecule has 1 aromatic heterocycles. The summed E-state index contributed by atoms with van der Waals surface area (Å²) < 4.78 is 15.8. The molecule has 0 aliphatic carbocycles. The first-order chi connectivity index (χ1) is 19.9. The molecule has 4 atom stereocenters. The maximum absolute atomic E-state index is 15.8. The van der Waals surface area contributed by atoms with Gasteiger partial charge in [-0.2, -0.15) is 10.5 Å². The van der Waals surface area contributed by atoms with Crippen molar-refractivity contribution in [2.75, 3.05) is 5.32 Å². The number of benzene rings is 3. The Balaban J connectivity index is 1.64. The number of aromatic amines is 1. The number of tetrazole rings is 1. The van der Waals surface area contributed by atoms with E-state index >= 15 is 4.39 Å². The van der Waals surface area contributed by atoms with E-state index in [1.807, 2.05) is 33.8 Å². The molecule has 1 saturated heterocycles. The number of hydrogen-bond donors (Lipinski definition) is 3. The summed E-state index contributed by atoms with van der Waals surface area (Å²) in [5, 5.41) is 32.2. The third-order valence-corrected chi connectivity index (χ3v) is 8.46. The van der Waals surface area contributed by atoms with Crippen molar-refractivity contribution in [1.29, 1.82) is 5.26 Å². The summed E-state index contributed by atoms with van der Waals surface area (Å²) in [5.41, 5.74) is 1.12. The highest BCUT2D eigenvalue weighted by Crippen LogP contribution is 2.53. The molecule has 1 amide bonds. The molecule has 216 valence electrons. The number of nitrogens with one attached hydrogen (secondary N) is 3. The van der Waals surface area contributed by atoms with Crippen LogP contribution in [0, 0.1) is 29.5 Å². The molecular formula is C31H30Cl2FN7O. The molecule has 3 aromatic carbocycles. The Morgan fingerprint density at radius 1 is 1.14 bits per heavy atom. The fourth-order valence-corrected chi connectivity index (χ4v) is 6.30. The normalized spacial score (nSPS) is 22.1. The topological polar surface area (TPSA) is 119 Å². The molecule has 0 bridgehead atoms. The number of aromatic nitrogens is 4. The molecule has 5 rings (SSSR count). The monoisotopic (exact) mass is 605 g/mol. The van der Waals surface area contributed by atoms with Gasteiger partial charge in [0.2, 0.25) is 11.7 Å². The molecule has 1 fully saturated rings. The fraction of sp³-hybridized carbons (Fsp3) is 0.323. The summed E-state index contributed by atoms with van der Waals surface area (Å²) in [5.74, 6) is -1.33. The van der Waals surface area contributed by atoms with Crippen molar-refractivity contribution in [2.45, 2.75) is 57.5 Å². The average molecular weight is 607 g/mol. The number of anilines is 1. The highest BCUT2D eigenvalue weighted by molar-refractivity contribution is 6.31. The van der Waals surface area contributed by atoms with Crippen molar-refractivity contribution in [3.8, 4) is 17.5 Å².